The Bertz CT molecular complexity index is 806. The van der Waals surface area contributed by atoms with Gasteiger partial charge in [-0.25, -0.2) is 0 Å². The summed E-state index contributed by atoms with van der Waals surface area (Å²) < 4.78 is 6.38. The number of nitrogens with zero attached hydrogens (tertiary/aromatic N) is 1. The number of unbranched alkanes of at least 4 members (excludes halogenated alkanes) is 2. The van der Waals surface area contributed by atoms with Gasteiger partial charge >= 0.3 is 0 Å². The molecule has 0 bridgehead atoms. The number of rotatable bonds is 10. The van der Waals surface area contributed by atoms with Gasteiger partial charge < -0.3 is 19.8 Å². The van der Waals surface area contributed by atoms with Gasteiger partial charge in [-0.05, 0) is 58.3 Å². The van der Waals surface area contributed by atoms with Crippen molar-refractivity contribution in [2.24, 2.45) is 11.8 Å². The molecule has 6 atom stereocenters. The van der Waals surface area contributed by atoms with Crippen LogP contribution < -0.4 is 4.74 Å². The Morgan fingerprint density at radius 2 is 2.06 bits per heavy atom. The van der Waals surface area contributed by atoms with Crippen LogP contribution in [-0.4, -0.2) is 54.1 Å². The number of para-hydroxylation sites is 1. The number of ether oxygens (including phenoxy) is 1. The predicted molar refractivity (Wildman–Crippen MR) is 126 cm³/mol. The number of hydrogen-bond acceptors (Lipinski definition) is 4. The zero-order chi connectivity index (χ0) is 22.4. The molecule has 2 N–H and O–H groups in total. The van der Waals surface area contributed by atoms with Crippen molar-refractivity contribution in [2.45, 2.75) is 76.6 Å². The number of aryl methyl sites for hydroxylation is 1. The van der Waals surface area contributed by atoms with Gasteiger partial charge in [0.25, 0.3) is 0 Å². The van der Waals surface area contributed by atoms with Crippen LogP contribution >= 0.6 is 0 Å². The molecule has 1 aromatic rings. The molecule has 0 unspecified atom stereocenters. The molecule has 1 aliphatic heterocycles. The van der Waals surface area contributed by atoms with E-state index in [2.05, 4.69) is 49.0 Å². The third kappa shape index (κ3) is 5.92. The lowest BCUT2D eigenvalue weighted by molar-refractivity contribution is 0.134. The molecule has 31 heavy (non-hydrogen) atoms. The molecule has 0 aromatic heterocycles. The van der Waals surface area contributed by atoms with Crippen molar-refractivity contribution in [3.63, 3.8) is 0 Å². The molecule has 1 heterocycles. The molecule has 4 heteroatoms. The van der Waals surface area contributed by atoms with Crippen molar-refractivity contribution in [1.29, 1.82) is 0 Å². The largest absolute Gasteiger partial charge is 0.489 e. The summed E-state index contributed by atoms with van der Waals surface area (Å²) in [6.07, 6.45) is 8.86. The molecule has 1 aromatic carbocycles. The first-order valence-corrected chi connectivity index (χ1v) is 11.8. The van der Waals surface area contributed by atoms with Gasteiger partial charge in [-0.2, -0.15) is 0 Å². The number of aliphatic hydroxyl groups is 2. The van der Waals surface area contributed by atoms with Crippen LogP contribution in [0, 0.1) is 23.7 Å². The summed E-state index contributed by atoms with van der Waals surface area (Å²) in [5.74, 6) is 7.17. The molecule has 3 rings (SSSR count). The van der Waals surface area contributed by atoms with Gasteiger partial charge in [0.2, 0.25) is 0 Å². The van der Waals surface area contributed by atoms with E-state index in [1.807, 2.05) is 26.0 Å². The Morgan fingerprint density at radius 3 is 2.81 bits per heavy atom. The summed E-state index contributed by atoms with van der Waals surface area (Å²) >= 11 is 0. The molecule has 1 aliphatic carbocycles. The second-order valence-corrected chi connectivity index (χ2v) is 9.50. The molecule has 2 aliphatic rings. The van der Waals surface area contributed by atoms with Gasteiger partial charge in [0, 0.05) is 30.2 Å². The second-order valence-electron chi connectivity index (χ2n) is 9.50. The monoisotopic (exact) mass is 425 g/mol. The van der Waals surface area contributed by atoms with Crippen LogP contribution in [0.5, 0.6) is 5.75 Å². The minimum absolute atomic E-state index is 0.0232. The van der Waals surface area contributed by atoms with E-state index in [1.165, 1.54) is 30.4 Å². The SMILES string of the molecule is CC#CC[C@H](C)[C@H](O)/C=C/[C@@H]1[C@H]2c3cccc(CCCCCN(C)C)c3O[C@H]2C[C@H]1O. The van der Waals surface area contributed by atoms with Gasteiger partial charge in [-0.3, -0.25) is 0 Å². The van der Waals surface area contributed by atoms with Crippen molar-refractivity contribution in [1.82, 2.24) is 4.90 Å². The average molecular weight is 426 g/mol. The van der Waals surface area contributed by atoms with Crippen LogP contribution in [0.3, 0.4) is 0 Å². The molecular formula is C27H39NO3. The van der Waals surface area contributed by atoms with E-state index in [0.29, 0.717) is 12.8 Å². The summed E-state index contributed by atoms with van der Waals surface area (Å²) in [6.45, 7) is 4.96. The quantitative estimate of drug-likeness (QED) is 0.336. The summed E-state index contributed by atoms with van der Waals surface area (Å²) in [5, 5.41) is 21.2. The van der Waals surface area contributed by atoms with Crippen LogP contribution in [0.2, 0.25) is 0 Å². The first kappa shape index (κ1) is 23.9. The van der Waals surface area contributed by atoms with E-state index in [1.54, 1.807) is 0 Å². The van der Waals surface area contributed by atoms with Gasteiger partial charge in [0.1, 0.15) is 11.9 Å². The highest BCUT2D eigenvalue weighted by molar-refractivity contribution is 5.49. The highest BCUT2D eigenvalue weighted by Crippen LogP contribution is 2.52. The molecule has 1 saturated carbocycles. The molecule has 0 radical (unpaired) electrons. The topological polar surface area (TPSA) is 52.9 Å². The fourth-order valence-corrected chi connectivity index (χ4v) is 4.90. The first-order valence-electron chi connectivity index (χ1n) is 11.8. The molecule has 0 saturated heterocycles. The predicted octanol–water partition coefficient (Wildman–Crippen LogP) is 4.15. The van der Waals surface area contributed by atoms with Gasteiger partial charge in [0.15, 0.2) is 0 Å². The second kappa shape index (κ2) is 11.2. The zero-order valence-electron chi connectivity index (χ0n) is 19.6. The van der Waals surface area contributed by atoms with Gasteiger partial charge in [-0.1, -0.05) is 43.7 Å². The van der Waals surface area contributed by atoms with Crippen molar-refractivity contribution < 1.29 is 14.9 Å². The van der Waals surface area contributed by atoms with E-state index >= 15 is 0 Å². The van der Waals surface area contributed by atoms with E-state index in [9.17, 15) is 10.2 Å². The summed E-state index contributed by atoms with van der Waals surface area (Å²) in [5.41, 5.74) is 2.52. The average Bonchev–Trinajstić information content (AvgIpc) is 3.24. The number of hydrogen-bond donors (Lipinski definition) is 2. The molecule has 0 amide bonds. The standard InChI is InChI=1S/C27H39NO3/c1-5-6-11-19(2)23(29)16-15-21-24(30)18-25-26(21)22-14-10-13-20(27(22)31-25)12-8-7-9-17-28(3)4/h10,13-16,19,21,23-26,29-30H,7-9,11-12,17-18H2,1-4H3/b16-15+/t19-,21-,23+,24+,25-,26-/m0/s1. The lowest BCUT2D eigenvalue weighted by Gasteiger charge is -2.19. The van der Waals surface area contributed by atoms with Crippen LogP contribution in [-0.2, 0) is 6.42 Å². The maximum Gasteiger partial charge on any atom is 0.126 e. The molecule has 0 spiro atoms. The third-order valence-electron chi connectivity index (χ3n) is 6.75. The smallest absolute Gasteiger partial charge is 0.126 e. The maximum absolute atomic E-state index is 10.7. The fraction of sp³-hybridized carbons (Fsp3) is 0.630. The Balaban J connectivity index is 1.67. The third-order valence-corrected chi connectivity index (χ3v) is 6.75. The van der Waals surface area contributed by atoms with Crippen molar-refractivity contribution in [3.05, 3.63) is 41.5 Å². The lowest BCUT2D eigenvalue weighted by atomic mass is 9.86. The Labute approximate surface area is 188 Å². The lowest BCUT2D eigenvalue weighted by Crippen LogP contribution is -2.19. The minimum atomic E-state index is -0.553. The highest BCUT2D eigenvalue weighted by Gasteiger charge is 2.48. The van der Waals surface area contributed by atoms with E-state index in [-0.39, 0.29) is 23.9 Å². The van der Waals surface area contributed by atoms with E-state index in [4.69, 9.17) is 4.74 Å². The van der Waals surface area contributed by atoms with Crippen LogP contribution in [0.1, 0.15) is 63.0 Å². The fourth-order valence-electron chi connectivity index (χ4n) is 4.90. The summed E-state index contributed by atoms with van der Waals surface area (Å²) in [6, 6.07) is 6.48. The van der Waals surface area contributed by atoms with Crippen molar-refractivity contribution in [2.75, 3.05) is 20.6 Å². The summed E-state index contributed by atoms with van der Waals surface area (Å²) in [4.78, 5) is 2.23. The Morgan fingerprint density at radius 1 is 1.26 bits per heavy atom. The zero-order valence-corrected chi connectivity index (χ0v) is 19.6. The minimum Gasteiger partial charge on any atom is -0.489 e. The normalized spacial score (nSPS) is 26.3. The van der Waals surface area contributed by atoms with Crippen LogP contribution in [0.25, 0.3) is 0 Å². The Hall–Kier alpha value is -1.80. The van der Waals surface area contributed by atoms with E-state index < -0.39 is 12.2 Å². The number of aliphatic hydroxyl groups excluding tert-OH is 2. The Kier molecular flexibility index (Phi) is 8.60. The number of fused-ring (bicyclic) bond motifs is 3. The van der Waals surface area contributed by atoms with E-state index in [0.717, 1.165) is 18.7 Å². The van der Waals surface area contributed by atoms with Crippen LogP contribution in [0.4, 0.5) is 0 Å². The highest BCUT2D eigenvalue weighted by atomic mass is 16.5. The molecule has 4 nitrogen and oxygen atoms in total. The first-order chi connectivity index (χ1) is 14.9. The maximum atomic E-state index is 10.7. The molecular weight excluding hydrogens is 386 g/mol. The van der Waals surface area contributed by atoms with Crippen molar-refractivity contribution >= 4 is 0 Å². The number of benzene rings is 1. The molecule has 1 fully saturated rings. The van der Waals surface area contributed by atoms with Crippen LogP contribution in [0.15, 0.2) is 30.4 Å². The van der Waals surface area contributed by atoms with Crippen molar-refractivity contribution in [3.8, 4) is 17.6 Å². The summed E-state index contributed by atoms with van der Waals surface area (Å²) in [7, 11) is 4.24. The van der Waals surface area contributed by atoms with Gasteiger partial charge in [0.05, 0.1) is 12.2 Å². The molecule has 170 valence electrons. The van der Waals surface area contributed by atoms with Gasteiger partial charge in [-0.15, -0.1) is 11.8 Å².